The van der Waals surface area contributed by atoms with Gasteiger partial charge >= 0.3 is 17.9 Å². The predicted molar refractivity (Wildman–Crippen MR) is 105 cm³/mol. The highest BCUT2D eigenvalue weighted by Crippen LogP contribution is 2.03. The van der Waals surface area contributed by atoms with E-state index in [0.29, 0.717) is 24.7 Å². The first-order valence-electron chi connectivity index (χ1n) is 8.97. The average Bonchev–Trinajstić information content (AvgIpc) is 2.52. The first-order chi connectivity index (χ1) is 12.2. The summed E-state index contributed by atoms with van der Waals surface area (Å²) in [7, 11) is 1.35. The van der Waals surface area contributed by atoms with Gasteiger partial charge in [-0.1, -0.05) is 41.5 Å². The van der Waals surface area contributed by atoms with E-state index >= 15 is 0 Å². The third-order valence-electron chi connectivity index (χ3n) is 3.28. The summed E-state index contributed by atoms with van der Waals surface area (Å²) in [6, 6.07) is -1.86. The van der Waals surface area contributed by atoms with Crippen LogP contribution in [0.25, 0.3) is 0 Å². The molecule has 0 aliphatic carbocycles. The second-order valence-corrected chi connectivity index (χ2v) is 7.44. The van der Waals surface area contributed by atoms with Gasteiger partial charge < -0.3 is 32.2 Å². The molecule has 0 saturated heterocycles. The fourth-order valence-corrected chi connectivity index (χ4v) is 1.65. The van der Waals surface area contributed by atoms with Gasteiger partial charge in [-0.3, -0.25) is 14.4 Å². The lowest BCUT2D eigenvalue weighted by Crippen LogP contribution is -2.34. The number of carbonyl (C=O) groups excluding carboxylic acids is 1. The zero-order valence-electron chi connectivity index (χ0n) is 17.6. The first kappa shape index (κ1) is 30.0. The maximum absolute atomic E-state index is 10.7. The Balaban J connectivity index is -0.000000322. The number of aliphatic carboxylic acids is 2. The van der Waals surface area contributed by atoms with Crippen LogP contribution < -0.4 is 17.2 Å². The van der Waals surface area contributed by atoms with Crippen molar-refractivity contribution in [3.05, 3.63) is 0 Å². The molecule has 0 aromatic heterocycles. The molecule has 0 aliphatic heterocycles. The summed E-state index contributed by atoms with van der Waals surface area (Å²) in [6.45, 7) is 11.5. The number of ether oxygens (including phenoxy) is 1. The fraction of sp³-hybridized carbons (Fsp3) is 0.833. The molecule has 0 unspecified atom stereocenters. The highest BCUT2D eigenvalue weighted by Gasteiger charge is 2.15. The molecule has 0 spiro atoms. The second-order valence-electron chi connectivity index (χ2n) is 7.44. The lowest BCUT2D eigenvalue weighted by atomic mass is 10.1. The van der Waals surface area contributed by atoms with Crippen LogP contribution >= 0.6 is 0 Å². The summed E-state index contributed by atoms with van der Waals surface area (Å²) in [5.41, 5.74) is 15.8. The molecule has 3 atom stereocenters. The zero-order valence-corrected chi connectivity index (χ0v) is 17.6. The van der Waals surface area contributed by atoms with E-state index in [1.807, 2.05) is 27.7 Å². The van der Waals surface area contributed by atoms with Gasteiger partial charge in [0.15, 0.2) is 0 Å². The molecule has 0 heterocycles. The van der Waals surface area contributed by atoms with Gasteiger partial charge in [-0.25, -0.2) is 0 Å². The number of rotatable bonds is 8. The minimum absolute atomic E-state index is 0.0208. The van der Waals surface area contributed by atoms with Gasteiger partial charge in [0.05, 0.1) is 7.11 Å². The third kappa shape index (κ3) is 20.5. The first-order valence-corrected chi connectivity index (χ1v) is 8.97. The summed E-state index contributed by atoms with van der Waals surface area (Å²) in [4.78, 5) is 30.8. The van der Waals surface area contributed by atoms with Crippen LogP contribution in [0, 0.1) is 17.8 Å². The van der Waals surface area contributed by atoms with Gasteiger partial charge in [-0.15, -0.1) is 0 Å². The maximum Gasteiger partial charge on any atom is 0.322 e. The molecule has 0 rings (SSSR count). The zero-order chi connectivity index (χ0) is 22.3. The Morgan fingerprint density at radius 3 is 1.30 bits per heavy atom. The number of esters is 1. The smallest absolute Gasteiger partial charge is 0.322 e. The molecule has 0 aliphatic rings. The van der Waals surface area contributed by atoms with Gasteiger partial charge in [0.25, 0.3) is 0 Å². The Labute approximate surface area is 162 Å². The van der Waals surface area contributed by atoms with Crippen LogP contribution in [-0.2, 0) is 19.1 Å². The molecule has 0 amide bonds. The van der Waals surface area contributed by atoms with Crippen LogP contribution in [0.5, 0.6) is 0 Å². The Morgan fingerprint density at radius 1 is 0.778 bits per heavy atom. The van der Waals surface area contributed by atoms with Crippen molar-refractivity contribution in [1.29, 1.82) is 0 Å². The van der Waals surface area contributed by atoms with Crippen LogP contribution in [0.2, 0.25) is 0 Å². The predicted octanol–water partition coefficient (Wildman–Crippen LogP) is 1.03. The van der Waals surface area contributed by atoms with Crippen LogP contribution in [0.1, 0.15) is 54.4 Å². The molecule has 0 fully saturated rings. The monoisotopic (exact) mass is 393 g/mol. The number of hydrogen-bond acceptors (Lipinski definition) is 7. The Kier molecular flexibility index (Phi) is 18.3. The normalized spacial score (nSPS) is 13.7. The molecule has 0 aromatic carbocycles. The number of hydrogen-bond donors (Lipinski definition) is 5. The van der Waals surface area contributed by atoms with E-state index in [2.05, 4.69) is 4.74 Å². The minimum Gasteiger partial charge on any atom is -0.480 e. The summed E-state index contributed by atoms with van der Waals surface area (Å²) in [5, 5.41) is 16.5. The largest absolute Gasteiger partial charge is 0.480 e. The molecular formula is C18H39N3O6. The molecule has 27 heavy (non-hydrogen) atoms. The Morgan fingerprint density at radius 2 is 1.15 bits per heavy atom. The summed E-state index contributed by atoms with van der Waals surface area (Å²) >= 11 is 0. The molecule has 0 aromatic rings. The summed E-state index contributed by atoms with van der Waals surface area (Å²) < 4.78 is 4.45. The third-order valence-corrected chi connectivity index (χ3v) is 3.28. The highest BCUT2D eigenvalue weighted by molar-refractivity contribution is 5.75. The number of methoxy groups -OCH3 is 1. The number of carboxylic acids is 2. The molecule has 0 saturated carbocycles. The molecular weight excluding hydrogens is 354 g/mol. The topological polar surface area (TPSA) is 179 Å². The van der Waals surface area contributed by atoms with Gasteiger partial charge in [0.1, 0.15) is 18.1 Å². The van der Waals surface area contributed by atoms with E-state index in [1.165, 1.54) is 7.11 Å². The van der Waals surface area contributed by atoms with Crippen molar-refractivity contribution in [2.45, 2.75) is 72.5 Å². The van der Waals surface area contributed by atoms with Crippen LogP contribution in [0.4, 0.5) is 0 Å². The fourth-order valence-electron chi connectivity index (χ4n) is 1.65. The van der Waals surface area contributed by atoms with E-state index in [-0.39, 0.29) is 11.9 Å². The Bertz CT molecular complexity index is 427. The van der Waals surface area contributed by atoms with E-state index < -0.39 is 30.1 Å². The van der Waals surface area contributed by atoms with Gasteiger partial charge in [-0.2, -0.15) is 0 Å². The minimum atomic E-state index is -0.931. The number of carbonyl (C=O) groups is 3. The average molecular weight is 394 g/mol. The van der Waals surface area contributed by atoms with Crippen molar-refractivity contribution in [3.63, 3.8) is 0 Å². The van der Waals surface area contributed by atoms with Crippen molar-refractivity contribution in [2.24, 2.45) is 35.0 Å². The number of carboxylic acid groups (broad SMARTS) is 2. The van der Waals surface area contributed by atoms with Crippen LogP contribution in [-0.4, -0.2) is 53.4 Å². The van der Waals surface area contributed by atoms with E-state index in [0.717, 1.165) is 0 Å². The molecule has 0 bridgehead atoms. The lowest BCUT2D eigenvalue weighted by Gasteiger charge is -2.10. The van der Waals surface area contributed by atoms with Crippen molar-refractivity contribution >= 4 is 17.9 Å². The van der Waals surface area contributed by atoms with E-state index in [1.54, 1.807) is 13.8 Å². The molecule has 8 N–H and O–H groups in total. The van der Waals surface area contributed by atoms with Crippen LogP contribution in [0.3, 0.4) is 0 Å². The SMILES string of the molecule is CC(C)C[C@H](N)C(=O)O.CC(C)[C@H](N)C(=O)O.COC(=O)[C@@H](N)CC(C)C. The second kappa shape index (κ2) is 16.5. The van der Waals surface area contributed by atoms with Gasteiger partial charge in [0.2, 0.25) is 0 Å². The van der Waals surface area contributed by atoms with Gasteiger partial charge in [0, 0.05) is 0 Å². The maximum atomic E-state index is 10.7. The van der Waals surface area contributed by atoms with E-state index in [4.69, 9.17) is 27.4 Å². The van der Waals surface area contributed by atoms with Crippen LogP contribution in [0.15, 0.2) is 0 Å². The molecule has 162 valence electrons. The molecule has 9 nitrogen and oxygen atoms in total. The van der Waals surface area contributed by atoms with Crippen molar-refractivity contribution < 1.29 is 29.3 Å². The summed E-state index contributed by atoms with van der Waals surface area (Å²) in [6.07, 6.45) is 1.24. The molecule has 9 heteroatoms. The molecule has 0 radical (unpaired) electrons. The quantitative estimate of drug-likeness (QED) is 0.376. The van der Waals surface area contributed by atoms with Crippen molar-refractivity contribution in [1.82, 2.24) is 0 Å². The standard InChI is InChI=1S/C7H15NO2.C6H13NO2.C5H11NO2/c1-5(2)4-6(8)7(9)10-3;1-4(2)3-5(7)6(8)9;1-3(2)4(6)5(7)8/h5-6H,4,8H2,1-3H3;4-5H,3,7H2,1-2H3,(H,8,9);3-4H,6H2,1-2H3,(H,7,8)/t6-;5-;4-/m000/s1. The number of nitrogens with two attached hydrogens (primary N) is 3. The van der Waals surface area contributed by atoms with E-state index in [9.17, 15) is 14.4 Å². The highest BCUT2D eigenvalue weighted by atomic mass is 16.5. The Hall–Kier alpha value is -1.71. The summed E-state index contributed by atoms with van der Waals surface area (Å²) in [5.74, 6) is -1.35. The van der Waals surface area contributed by atoms with Crippen molar-refractivity contribution in [2.75, 3.05) is 7.11 Å². The lowest BCUT2D eigenvalue weighted by molar-refractivity contribution is -0.142. The van der Waals surface area contributed by atoms with Crippen molar-refractivity contribution in [3.8, 4) is 0 Å². The van der Waals surface area contributed by atoms with Gasteiger partial charge in [-0.05, 0) is 30.6 Å².